The lowest BCUT2D eigenvalue weighted by molar-refractivity contribution is 0.437. The van der Waals surface area contributed by atoms with Gasteiger partial charge < -0.3 is 4.90 Å². The molecule has 0 amide bonds. The van der Waals surface area contributed by atoms with Gasteiger partial charge in [0, 0.05) is 16.8 Å². The minimum absolute atomic E-state index is 0.935. The Bertz CT molecular complexity index is 516. The van der Waals surface area contributed by atoms with Crippen LogP contribution in [0.5, 0.6) is 0 Å². The maximum atomic E-state index is 4.58. The molecular weight excluding hydrogens is 298 g/mol. The normalized spacial score (nSPS) is 11.3. The third kappa shape index (κ3) is 3.66. The van der Waals surface area contributed by atoms with E-state index >= 15 is 0 Å². The van der Waals surface area contributed by atoms with E-state index in [1.54, 1.807) is 11.8 Å². The van der Waals surface area contributed by atoms with Crippen molar-refractivity contribution in [1.29, 1.82) is 0 Å². The van der Waals surface area contributed by atoms with Gasteiger partial charge in [-0.2, -0.15) is 0 Å². The average Bonchev–Trinajstić information content (AvgIpc) is 2.28. The van der Waals surface area contributed by atoms with E-state index in [0.717, 1.165) is 32.8 Å². The highest BCUT2D eigenvalue weighted by molar-refractivity contribution is 9.10. The zero-order valence-electron chi connectivity index (χ0n) is 9.85. The maximum absolute atomic E-state index is 4.58. The molecule has 2 aromatic rings. The van der Waals surface area contributed by atoms with Gasteiger partial charge in [0.25, 0.3) is 0 Å². The predicted octanol–water partition coefficient (Wildman–Crippen LogP) is 3.05. The molecule has 0 spiro atoms. The van der Waals surface area contributed by atoms with Crippen LogP contribution in [0.1, 0.15) is 0 Å². The number of fused-ring (bicyclic) bond motifs is 1. The molecule has 3 nitrogen and oxygen atoms in total. The van der Waals surface area contributed by atoms with Crippen LogP contribution in [0.4, 0.5) is 0 Å². The summed E-state index contributed by atoms with van der Waals surface area (Å²) in [6.45, 7) is 1.04. The van der Waals surface area contributed by atoms with Gasteiger partial charge in [-0.05, 0) is 32.3 Å². The Morgan fingerprint density at radius 3 is 2.88 bits per heavy atom. The average molecular weight is 312 g/mol. The molecule has 0 aliphatic carbocycles. The molecular formula is C12H14BrN3S. The monoisotopic (exact) mass is 311 g/mol. The lowest BCUT2D eigenvalue weighted by atomic mass is 10.3. The molecule has 2 rings (SSSR count). The summed E-state index contributed by atoms with van der Waals surface area (Å²) in [7, 11) is 4.15. The smallest absolute Gasteiger partial charge is 0.115 e. The number of benzene rings is 1. The molecule has 1 heterocycles. The van der Waals surface area contributed by atoms with Gasteiger partial charge in [-0.15, -0.1) is 11.8 Å². The molecule has 5 heteroatoms. The first-order valence-corrected chi connectivity index (χ1v) is 7.13. The largest absolute Gasteiger partial charge is 0.309 e. The van der Waals surface area contributed by atoms with Crippen LogP contribution in [-0.4, -0.2) is 41.3 Å². The van der Waals surface area contributed by atoms with Gasteiger partial charge in [0.05, 0.1) is 17.2 Å². The molecule has 0 atom stereocenters. The molecule has 0 aliphatic rings. The number of thioether (sulfide) groups is 1. The summed E-state index contributed by atoms with van der Waals surface area (Å²) in [6, 6.07) is 5.95. The highest BCUT2D eigenvalue weighted by Gasteiger charge is 2.01. The molecule has 17 heavy (non-hydrogen) atoms. The third-order valence-electron chi connectivity index (χ3n) is 2.27. The molecule has 1 aromatic heterocycles. The van der Waals surface area contributed by atoms with E-state index in [1.807, 2.05) is 24.4 Å². The summed E-state index contributed by atoms with van der Waals surface area (Å²) in [5.41, 5.74) is 1.87. The number of aromatic nitrogens is 2. The second-order valence-electron chi connectivity index (χ2n) is 3.99. The number of halogens is 1. The summed E-state index contributed by atoms with van der Waals surface area (Å²) in [5.74, 6) is 1.03. The fourth-order valence-corrected chi connectivity index (χ4v) is 2.67. The van der Waals surface area contributed by atoms with Crippen LogP contribution < -0.4 is 0 Å². The van der Waals surface area contributed by atoms with E-state index in [9.17, 15) is 0 Å². The van der Waals surface area contributed by atoms with Crippen molar-refractivity contribution in [3.63, 3.8) is 0 Å². The van der Waals surface area contributed by atoms with E-state index in [1.165, 1.54) is 0 Å². The second kappa shape index (κ2) is 5.80. The van der Waals surface area contributed by atoms with Gasteiger partial charge in [0.1, 0.15) is 5.03 Å². The lowest BCUT2D eigenvalue weighted by Crippen LogP contribution is -2.14. The molecule has 0 unspecified atom stereocenters. The highest BCUT2D eigenvalue weighted by Crippen LogP contribution is 2.20. The Labute approximate surface area is 114 Å². The Hall–Kier alpha value is -0.650. The summed E-state index contributed by atoms with van der Waals surface area (Å²) >= 11 is 5.19. The van der Waals surface area contributed by atoms with Gasteiger partial charge in [0.15, 0.2) is 0 Å². The van der Waals surface area contributed by atoms with Crippen molar-refractivity contribution < 1.29 is 0 Å². The Morgan fingerprint density at radius 2 is 2.12 bits per heavy atom. The predicted molar refractivity (Wildman–Crippen MR) is 76.5 cm³/mol. The molecule has 0 N–H and O–H groups in total. The molecule has 0 aliphatic heterocycles. The summed E-state index contributed by atoms with van der Waals surface area (Å²) in [5, 5.41) is 0.984. The van der Waals surface area contributed by atoms with Crippen LogP contribution in [0, 0.1) is 0 Å². The number of hydrogen-bond donors (Lipinski definition) is 0. The van der Waals surface area contributed by atoms with Crippen molar-refractivity contribution in [2.24, 2.45) is 0 Å². The zero-order chi connectivity index (χ0) is 12.3. The van der Waals surface area contributed by atoms with Crippen LogP contribution in [0.3, 0.4) is 0 Å². The zero-order valence-corrected chi connectivity index (χ0v) is 12.3. The van der Waals surface area contributed by atoms with E-state index in [0.29, 0.717) is 0 Å². The first-order chi connectivity index (χ1) is 8.15. The molecule has 0 bridgehead atoms. The number of hydrogen-bond acceptors (Lipinski definition) is 4. The van der Waals surface area contributed by atoms with Crippen LogP contribution in [0.2, 0.25) is 0 Å². The minimum Gasteiger partial charge on any atom is -0.309 e. The number of nitrogens with zero attached hydrogens (tertiary/aromatic N) is 3. The van der Waals surface area contributed by atoms with Crippen molar-refractivity contribution in [2.45, 2.75) is 5.03 Å². The van der Waals surface area contributed by atoms with E-state index in [4.69, 9.17) is 0 Å². The molecule has 0 saturated heterocycles. The molecule has 1 aromatic carbocycles. The Morgan fingerprint density at radius 1 is 1.29 bits per heavy atom. The topological polar surface area (TPSA) is 29.0 Å². The molecule has 0 radical (unpaired) electrons. The van der Waals surface area contributed by atoms with Crippen molar-refractivity contribution >= 4 is 38.7 Å². The van der Waals surface area contributed by atoms with Gasteiger partial charge in [0.2, 0.25) is 0 Å². The molecule has 90 valence electrons. The van der Waals surface area contributed by atoms with Gasteiger partial charge in [-0.3, -0.25) is 4.98 Å². The first kappa shape index (κ1) is 12.8. The lowest BCUT2D eigenvalue weighted by Gasteiger charge is -2.08. The number of rotatable bonds is 4. The fraction of sp³-hybridized carbons (Fsp3) is 0.333. The second-order valence-corrected chi connectivity index (χ2v) is 6.02. The maximum Gasteiger partial charge on any atom is 0.115 e. The van der Waals surface area contributed by atoms with E-state index in [2.05, 4.69) is 44.9 Å². The summed E-state index contributed by atoms with van der Waals surface area (Å²) in [4.78, 5) is 11.2. The standard InChI is InChI=1S/C12H14BrN3S/c1-16(2)5-6-17-12-8-14-10-4-3-9(13)7-11(10)15-12/h3-4,7-8H,5-6H2,1-2H3. The van der Waals surface area contributed by atoms with Crippen molar-refractivity contribution in [3.05, 3.63) is 28.9 Å². The fourth-order valence-electron chi connectivity index (χ4n) is 1.37. The van der Waals surface area contributed by atoms with E-state index in [-0.39, 0.29) is 0 Å². The van der Waals surface area contributed by atoms with Crippen molar-refractivity contribution in [2.75, 3.05) is 26.4 Å². The van der Waals surface area contributed by atoms with Crippen molar-refractivity contribution in [1.82, 2.24) is 14.9 Å². The molecule has 0 saturated carbocycles. The SMILES string of the molecule is CN(C)CCSc1cnc2ccc(Br)cc2n1. The third-order valence-corrected chi connectivity index (χ3v) is 3.64. The van der Waals surface area contributed by atoms with Gasteiger partial charge in [-0.25, -0.2) is 4.98 Å². The molecule has 0 fully saturated rings. The van der Waals surface area contributed by atoms with Crippen molar-refractivity contribution in [3.8, 4) is 0 Å². The van der Waals surface area contributed by atoms with Crippen LogP contribution >= 0.6 is 27.7 Å². The Balaban J connectivity index is 2.13. The van der Waals surface area contributed by atoms with Crippen LogP contribution in [0.25, 0.3) is 11.0 Å². The van der Waals surface area contributed by atoms with E-state index < -0.39 is 0 Å². The van der Waals surface area contributed by atoms with Crippen LogP contribution in [-0.2, 0) is 0 Å². The minimum atomic E-state index is 0.935. The quantitative estimate of drug-likeness (QED) is 0.812. The van der Waals surface area contributed by atoms with Crippen LogP contribution in [0.15, 0.2) is 33.9 Å². The van der Waals surface area contributed by atoms with Gasteiger partial charge >= 0.3 is 0 Å². The summed E-state index contributed by atoms with van der Waals surface area (Å²) in [6.07, 6.45) is 1.84. The Kier molecular flexibility index (Phi) is 4.36. The summed E-state index contributed by atoms with van der Waals surface area (Å²) < 4.78 is 1.04. The van der Waals surface area contributed by atoms with Gasteiger partial charge in [-0.1, -0.05) is 15.9 Å². The highest BCUT2D eigenvalue weighted by atomic mass is 79.9. The first-order valence-electron chi connectivity index (χ1n) is 5.35.